The second-order valence-electron chi connectivity index (χ2n) is 8.87. The molecule has 2 aromatic rings. The Morgan fingerprint density at radius 1 is 1.11 bits per heavy atom. The molecule has 2 atom stereocenters. The van der Waals surface area contributed by atoms with Crippen LogP contribution in [0.4, 0.5) is 17.6 Å². The summed E-state index contributed by atoms with van der Waals surface area (Å²) in [7, 11) is -4.09. The van der Waals surface area contributed by atoms with E-state index in [2.05, 4.69) is 10.6 Å². The van der Waals surface area contributed by atoms with Crippen molar-refractivity contribution in [1.82, 2.24) is 14.9 Å². The van der Waals surface area contributed by atoms with Crippen LogP contribution in [0.15, 0.2) is 53.4 Å². The molecule has 192 valence electrons. The van der Waals surface area contributed by atoms with Crippen LogP contribution in [0.3, 0.4) is 0 Å². The van der Waals surface area contributed by atoms with Gasteiger partial charge in [0.15, 0.2) is 0 Å². The molecule has 0 bridgehead atoms. The average molecular weight is 516 g/mol. The standard InChI is InChI=1S/C24H29F4N3O3S/c1-16(2)31(35(33,34)21-11-9-20(25)10-12-21)15-22(32)30-23(18-4-3-13-29-14-18)17-5-7-19(8-6-17)24(26,27)28/h5-12,16,18,23,29H,3-4,13-15H2,1-2H3,(H,30,32)/t18?,23-/m0/s1. The minimum atomic E-state index is -4.48. The van der Waals surface area contributed by atoms with Crippen molar-refractivity contribution >= 4 is 15.9 Å². The second kappa shape index (κ2) is 11.0. The lowest BCUT2D eigenvalue weighted by atomic mass is 9.87. The van der Waals surface area contributed by atoms with Crippen LogP contribution in [0.2, 0.25) is 0 Å². The van der Waals surface area contributed by atoms with Crippen molar-refractivity contribution in [3.05, 3.63) is 65.5 Å². The minimum Gasteiger partial charge on any atom is -0.348 e. The number of hydrogen-bond acceptors (Lipinski definition) is 4. The number of halogens is 4. The van der Waals surface area contributed by atoms with E-state index >= 15 is 0 Å². The Bertz CT molecular complexity index is 1100. The van der Waals surface area contributed by atoms with E-state index in [1.54, 1.807) is 13.8 Å². The van der Waals surface area contributed by atoms with E-state index in [0.29, 0.717) is 12.1 Å². The van der Waals surface area contributed by atoms with Crippen molar-refractivity contribution in [3.8, 4) is 0 Å². The normalized spacial score (nSPS) is 18.0. The van der Waals surface area contributed by atoms with Crippen molar-refractivity contribution < 1.29 is 30.8 Å². The van der Waals surface area contributed by atoms with Gasteiger partial charge in [-0.1, -0.05) is 12.1 Å². The van der Waals surface area contributed by atoms with Gasteiger partial charge in [0.25, 0.3) is 0 Å². The zero-order valence-corrected chi connectivity index (χ0v) is 20.3. The Kier molecular flexibility index (Phi) is 8.55. The summed E-state index contributed by atoms with van der Waals surface area (Å²) in [6, 6.07) is 7.80. The summed E-state index contributed by atoms with van der Waals surface area (Å²) < 4.78 is 79.6. The van der Waals surface area contributed by atoms with Gasteiger partial charge in [0.05, 0.1) is 23.0 Å². The number of carbonyl (C=O) groups is 1. The molecule has 1 unspecified atom stereocenters. The minimum absolute atomic E-state index is 0.0781. The second-order valence-corrected chi connectivity index (χ2v) is 10.8. The number of hydrogen-bond donors (Lipinski definition) is 2. The zero-order valence-electron chi connectivity index (χ0n) is 19.5. The third-order valence-electron chi connectivity index (χ3n) is 6.02. The van der Waals surface area contributed by atoms with Crippen LogP contribution in [-0.2, 0) is 21.0 Å². The fourth-order valence-corrected chi connectivity index (χ4v) is 5.76. The third kappa shape index (κ3) is 6.80. The summed E-state index contributed by atoms with van der Waals surface area (Å²) >= 11 is 0. The summed E-state index contributed by atoms with van der Waals surface area (Å²) in [5, 5.41) is 6.09. The van der Waals surface area contributed by atoms with E-state index in [1.807, 2.05) is 0 Å². The number of amides is 1. The maximum Gasteiger partial charge on any atom is 0.416 e. The summed E-state index contributed by atoms with van der Waals surface area (Å²) in [6.45, 7) is 4.11. The molecule has 1 amide bonds. The monoisotopic (exact) mass is 515 g/mol. The average Bonchev–Trinajstić information content (AvgIpc) is 2.81. The Morgan fingerprint density at radius 2 is 1.74 bits per heavy atom. The van der Waals surface area contributed by atoms with Crippen LogP contribution in [-0.4, -0.2) is 44.3 Å². The number of benzene rings is 2. The van der Waals surface area contributed by atoms with Crippen molar-refractivity contribution in [2.24, 2.45) is 5.92 Å². The van der Waals surface area contributed by atoms with E-state index in [0.717, 1.165) is 60.1 Å². The summed E-state index contributed by atoms with van der Waals surface area (Å²) in [4.78, 5) is 12.9. The van der Waals surface area contributed by atoms with E-state index in [-0.39, 0.29) is 10.8 Å². The van der Waals surface area contributed by atoms with Gasteiger partial charge in [0.1, 0.15) is 5.82 Å². The van der Waals surface area contributed by atoms with Gasteiger partial charge in [-0.3, -0.25) is 4.79 Å². The number of nitrogens with one attached hydrogen (secondary N) is 2. The Hall–Kier alpha value is -2.50. The molecule has 1 aliphatic heterocycles. The van der Waals surface area contributed by atoms with Crippen LogP contribution in [0.5, 0.6) is 0 Å². The highest BCUT2D eigenvalue weighted by atomic mass is 32.2. The fourth-order valence-electron chi connectivity index (χ4n) is 4.16. The van der Waals surface area contributed by atoms with Gasteiger partial charge in [-0.25, -0.2) is 12.8 Å². The topological polar surface area (TPSA) is 78.5 Å². The van der Waals surface area contributed by atoms with Crippen LogP contribution >= 0.6 is 0 Å². The first-order chi connectivity index (χ1) is 16.4. The van der Waals surface area contributed by atoms with E-state index < -0.39 is 52.1 Å². The molecule has 2 aromatic carbocycles. The van der Waals surface area contributed by atoms with Crippen molar-refractivity contribution in [3.63, 3.8) is 0 Å². The van der Waals surface area contributed by atoms with Crippen LogP contribution in [0, 0.1) is 11.7 Å². The van der Waals surface area contributed by atoms with Crippen LogP contribution < -0.4 is 10.6 Å². The SMILES string of the molecule is CC(C)N(CC(=O)N[C@@H](c1ccc(C(F)(F)F)cc1)C1CCCNC1)S(=O)(=O)c1ccc(F)cc1. The number of piperidine rings is 1. The zero-order chi connectivity index (χ0) is 25.8. The number of carbonyl (C=O) groups excluding carboxylic acids is 1. The summed E-state index contributed by atoms with van der Waals surface area (Å²) in [5.41, 5.74) is -0.276. The molecule has 11 heteroatoms. The third-order valence-corrected chi connectivity index (χ3v) is 8.05. The number of nitrogens with zero attached hydrogens (tertiary/aromatic N) is 1. The molecule has 2 N–H and O–H groups in total. The summed E-state index contributed by atoms with van der Waals surface area (Å²) in [6.07, 6.45) is -2.88. The molecule has 0 spiro atoms. The Balaban J connectivity index is 1.83. The van der Waals surface area contributed by atoms with Crippen molar-refractivity contribution in [1.29, 1.82) is 0 Å². The molecule has 6 nitrogen and oxygen atoms in total. The Labute approximate surface area is 202 Å². The number of alkyl halides is 3. The van der Waals surface area contributed by atoms with Gasteiger partial charge >= 0.3 is 6.18 Å². The largest absolute Gasteiger partial charge is 0.416 e. The molecular formula is C24H29F4N3O3S. The van der Waals surface area contributed by atoms with Crippen molar-refractivity contribution in [2.45, 2.75) is 49.8 Å². The highest BCUT2D eigenvalue weighted by Crippen LogP contribution is 2.32. The molecule has 1 heterocycles. The number of rotatable bonds is 8. The van der Waals surface area contributed by atoms with E-state index in [4.69, 9.17) is 0 Å². The van der Waals surface area contributed by atoms with Gasteiger partial charge < -0.3 is 10.6 Å². The molecule has 1 aliphatic rings. The first-order valence-electron chi connectivity index (χ1n) is 11.3. The van der Waals surface area contributed by atoms with Gasteiger partial charge in [0, 0.05) is 12.6 Å². The number of sulfonamides is 1. The molecule has 0 radical (unpaired) electrons. The molecule has 35 heavy (non-hydrogen) atoms. The summed E-state index contributed by atoms with van der Waals surface area (Å²) in [5.74, 6) is -1.25. The lowest BCUT2D eigenvalue weighted by Crippen LogP contribution is -2.47. The van der Waals surface area contributed by atoms with Gasteiger partial charge in [-0.2, -0.15) is 17.5 Å². The first kappa shape index (κ1) is 27.1. The predicted molar refractivity (Wildman–Crippen MR) is 123 cm³/mol. The molecule has 0 aliphatic carbocycles. The Morgan fingerprint density at radius 3 is 2.26 bits per heavy atom. The smallest absolute Gasteiger partial charge is 0.348 e. The highest BCUT2D eigenvalue weighted by molar-refractivity contribution is 7.89. The molecule has 1 fully saturated rings. The van der Waals surface area contributed by atoms with Crippen LogP contribution in [0.25, 0.3) is 0 Å². The highest BCUT2D eigenvalue weighted by Gasteiger charge is 2.33. The first-order valence-corrected chi connectivity index (χ1v) is 12.8. The lowest BCUT2D eigenvalue weighted by Gasteiger charge is -2.33. The maximum absolute atomic E-state index is 13.3. The predicted octanol–water partition coefficient (Wildman–Crippen LogP) is 4.10. The lowest BCUT2D eigenvalue weighted by molar-refractivity contribution is -0.137. The van der Waals surface area contributed by atoms with Crippen molar-refractivity contribution in [2.75, 3.05) is 19.6 Å². The quantitative estimate of drug-likeness (QED) is 0.519. The van der Waals surface area contributed by atoms with Gasteiger partial charge in [-0.15, -0.1) is 0 Å². The van der Waals surface area contributed by atoms with E-state index in [9.17, 15) is 30.8 Å². The maximum atomic E-state index is 13.3. The van der Waals surface area contributed by atoms with Gasteiger partial charge in [0.2, 0.25) is 15.9 Å². The van der Waals surface area contributed by atoms with E-state index in [1.165, 1.54) is 12.1 Å². The molecular weight excluding hydrogens is 486 g/mol. The van der Waals surface area contributed by atoms with Gasteiger partial charge in [-0.05, 0) is 81.1 Å². The fraction of sp³-hybridized carbons (Fsp3) is 0.458. The molecule has 3 rings (SSSR count). The molecule has 0 saturated carbocycles. The molecule has 1 saturated heterocycles. The molecule has 0 aromatic heterocycles. The van der Waals surface area contributed by atoms with Crippen LogP contribution in [0.1, 0.15) is 43.9 Å².